The summed E-state index contributed by atoms with van der Waals surface area (Å²) in [6.45, 7) is 4.37. The van der Waals surface area contributed by atoms with Crippen molar-refractivity contribution in [2.45, 2.75) is 51.0 Å². The van der Waals surface area contributed by atoms with E-state index in [0.717, 1.165) is 25.8 Å². The van der Waals surface area contributed by atoms with E-state index in [2.05, 4.69) is 11.8 Å². The van der Waals surface area contributed by atoms with Crippen LogP contribution < -0.4 is 5.73 Å². The first-order chi connectivity index (χ1) is 8.43. The van der Waals surface area contributed by atoms with Gasteiger partial charge in [-0.05, 0) is 25.8 Å². The van der Waals surface area contributed by atoms with Crippen LogP contribution in [0.5, 0.6) is 0 Å². The lowest BCUT2D eigenvalue weighted by Crippen LogP contribution is -2.56. The normalized spacial score (nSPS) is 20.2. The van der Waals surface area contributed by atoms with E-state index in [-0.39, 0.29) is 11.3 Å². The zero-order chi connectivity index (χ0) is 13.6. The Morgan fingerprint density at radius 3 is 2.22 bits per heavy atom. The molecule has 2 N–H and O–H groups in total. The zero-order valence-corrected chi connectivity index (χ0v) is 12.6. The second-order valence-electron chi connectivity index (χ2n) is 5.61. The van der Waals surface area contributed by atoms with Crippen LogP contribution in [0.3, 0.4) is 0 Å². The zero-order valence-electron chi connectivity index (χ0n) is 11.8. The second-order valence-corrected chi connectivity index (χ2v) is 7.87. The molecule has 0 radical (unpaired) electrons. The largest absolute Gasteiger partial charge is 0.329 e. The van der Waals surface area contributed by atoms with Crippen LogP contribution in [-0.2, 0) is 9.84 Å². The van der Waals surface area contributed by atoms with E-state index in [1.54, 1.807) is 0 Å². The second kappa shape index (κ2) is 6.87. The van der Waals surface area contributed by atoms with Crippen LogP contribution >= 0.6 is 0 Å². The molecule has 0 aromatic heterocycles. The highest BCUT2D eigenvalue weighted by molar-refractivity contribution is 7.90. The highest BCUT2D eigenvalue weighted by Crippen LogP contribution is 2.33. The molecule has 1 aliphatic carbocycles. The number of rotatable bonds is 7. The molecule has 0 atom stereocenters. The molecule has 0 aliphatic heterocycles. The highest BCUT2D eigenvalue weighted by Gasteiger charge is 2.36. The predicted molar refractivity (Wildman–Crippen MR) is 76.4 cm³/mol. The molecule has 0 spiro atoms. The third-order valence-corrected chi connectivity index (χ3v) is 4.98. The SMILES string of the molecule is CCCN(CCS(C)(=O)=O)C1(CN)CCCCC1. The summed E-state index contributed by atoms with van der Waals surface area (Å²) < 4.78 is 22.7. The fraction of sp³-hybridized carbons (Fsp3) is 1.00. The minimum Gasteiger partial charge on any atom is -0.329 e. The summed E-state index contributed by atoms with van der Waals surface area (Å²) in [7, 11) is -2.89. The van der Waals surface area contributed by atoms with Crippen molar-refractivity contribution in [1.82, 2.24) is 4.90 Å². The summed E-state index contributed by atoms with van der Waals surface area (Å²) in [6.07, 6.45) is 8.32. The van der Waals surface area contributed by atoms with Gasteiger partial charge < -0.3 is 5.73 Å². The molecule has 0 aromatic carbocycles. The molecular weight excluding hydrogens is 248 g/mol. The van der Waals surface area contributed by atoms with Gasteiger partial charge in [-0.2, -0.15) is 0 Å². The van der Waals surface area contributed by atoms with Gasteiger partial charge >= 0.3 is 0 Å². The lowest BCUT2D eigenvalue weighted by atomic mass is 9.80. The Bertz CT molecular complexity index is 335. The Balaban J connectivity index is 2.73. The summed E-state index contributed by atoms with van der Waals surface area (Å²) >= 11 is 0. The molecule has 108 valence electrons. The molecule has 1 fully saturated rings. The Kier molecular flexibility index (Phi) is 6.08. The molecule has 4 nitrogen and oxygen atoms in total. The van der Waals surface area contributed by atoms with Gasteiger partial charge in [0, 0.05) is 24.9 Å². The van der Waals surface area contributed by atoms with E-state index in [4.69, 9.17) is 5.73 Å². The van der Waals surface area contributed by atoms with Gasteiger partial charge in [0.1, 0.15) is 9.84 Å². The van der Waals surface area contributed by atoms with Crippen molar-refractivity contribution in [3.8, 4) is 0 Å². The molecule has 18 heavy (non-hydrogen) atoms. The minimum absolute atomic E-state index is 0.0545. The van der Waals surface area contributed by atoms with Crippen molar-refractivity contribution in [2.24, 2.45) is 5.73 Å². The van der Waals surface area contributed by atoms with Crippen molar-refractivity contribution in [1.29, 1.82) is 0 Å². The van der Waals surface area contributed by atoms with Crippen molar-refractivity contribution < 1.29 is 8.42 Å². The van der Waals surface area contributed by atoms with E-state index in [1.807, 2.05) is 0 Å². The quantitative estimate of drug-likeness (QED) is 0.763. The maximum atomic E-state index is 11.4. The van der Waals surface area contributed by atoms with Gasteiger partial charge in [-0.25, -0.2) is 8.42 Å². The summed E-state index contributed by atoms with van der Waals surface area (Å²) in [5.74, 6) is 0.245. The molecule has 0 unspecified atom stereocenters. The van der Waals surface area contributed by atoms with E-state index < -0.39 is 9.84 Å². The monoisotopic (exact) mass is 276 g/mol. The van der Waals surface area contributed by atoms with Crippen molar-refractivity contribution >= 4 is 9.84 Å². The molecular formula is C13H28N2O2S. The smallest absolute Gasteiger partial charge is 0.148 e. The van der Waals surface area contributed by atoms with Gasteiger partial charge in [-0.3, -0.25) is 4.90 Å². The van der Waals surface area contributed by atoms with Crippen LogP contribution in [0.25, 0.3) is 0 Å². The molecule has 0 heterocycles. The van der Waals surface area contributed by atoms with Crippen molar-refractivity contribution in [3.63, 3.8) is 0 Å². The number of sulfone groups is 1. The summed E-state index contributed by atoms with van der Waals surface area (Å²) in [5, 5.41) is 0. The van der Waals surface area contributed by atoms with Crippen molar-refractivity contribution in [2.75, 3.05) is 31.6 Å². The standard InChI is InChI=1S/C13H28N2O2S/c1-3-9-15(10-11-18(2,16)17)13(12-14)7-5-4-6-8-13/h3-12,14H2,1-2H3. The Morgan fingerprint density at radius 1 is 1.17 bits per heavy atom. The minimum atomic E-state index is -2.89. The van der Waals surface area contributed by atoms with Crippen LogP contribution in [0.1, 0.15) is 45.4 Å². The van der Waals surface area contributed by atoms with E-state index in [1.165, 1.54) is 25.5 Å². The molecule has 1 aliphatic rings. The van der Waals surface area contributed by atoms with Crippen molar-refractivity contribution in [3.05, 3.63) is 0 Å². The van der Waals surface area contributed by atoms with Crippen LogP contribution in [-0.4, -0.2) is 50.5 Å². The highest BCUT2D eigenvalue weighted by atomic mass is 32.2. The first-order valence-electron chi connectivity index (χ1n) is 7.06. The molecule has 5 heteroatoms. The molecule has 1 rings (SSSR count). The summed E-state index contributed by atoms with van der Waals surface area (Å²) in [5.41, 5.74) is 6.07. The van der Waals surface area contributed by atoms with Crippen LogP contribution in [0.4, 0.5) is 0 Å². The first kappa shape index (κ1) is 15.9. The van der Waals surface area contributed by atoms with E-state index >= 15 is 0 Å². The van der Waals surface area contributed by atoms with Gasteiger partial charge in [0.2, 0.25) is 0 Å². The average Bonchev–Trinajstić information content (AvgIpc) is 2.34. The van der Waals surface area contributed by atoms with Crippen LogP contribution in [0, 0.1) is 0 Å². The lowest BCUT2D eigenvalue weighted by Gasteiger charge is -2.46. The molecule has 0 saturated heterocycles. The third kappa shape index (κ3) is 4.52. The maximum absolute atomic E-state index is 11.4. The van der Waals surface area contributed by atoms with Gasteiger partial charge in [0.15, 0.2) is 0 Å². The molecule has 0 aromatic rings. The number of hydrogen-bond acceptors (Lipinski definition) is 4. The predicted octanol–water partition coefficient (Wildman–Crippen LogP) is 1.40. The Morgan fingerprint density at radius 2 is 1.78 bits per heavy atom. The molecule has 0 amide bonds. The van der Waals surface area contributed by atoms with Gasteiger partial charge in [-0.1, -0.05) is 26.2 Å². The summed E-state index contributed by atoms with van der Waals surface area (Å²) in [4.78, 5) is 2.34. The third-order valence-electron chi connectivity index (χ3n) is 4.06. The number of nitrogens with zero attached hydrogens (tertiary/aromatic N) is 1. The fourth-order valence-corrected chi connectivity index (χ4v) is 3.54. The topological polar surface area (TPSA) is 63.4 Å². The Labute approximate surface area is 112 Å². The lowest BCUT2D eigenvalue weighted by molar-refractivity contribution is 0.0626. The average molecular weight is 276 g/mol. The summed E-state index contributed by atoms with van der Waals surface area (Å²) in [6, 6.07) is 0. The van der Waals surface area contributed by atoms with Crippen LogP contribution in [0.2, 0.25) is 0 Å². The number of nitrogens with two attached hydrogens (primary N) is 1. The fourth-order valence-electron chi connectivity index (χ4n) is 2.99. The maximum Gasteiger partial charge on any atom is 0.148 e. The van der Waals surface area contributed by atoms with Crippen LogP contribution in [0.15, 0.2) is 0 Å². The van der Waals surface area contributed by atoms with Gasteiger partial charge in [-0.15, -0.1) is 0 Å². The molecule has 0 bridgehead atoms. The van der Waals surface area contributed by atoms with Gasteiger partial charge in [0.05, 0.1) is 5.75 Å². The first-order valence-corrected chi connectivity index (χ1v) is 9.12. The number of hydrogen-bond donors (Lipinski definition) is 1. The van der Waals surface area contributed by atoms with E-state index in [9.17, 15) is 8.42 Å². The van der Waals surface area contributed by atoms with E-state index in [0.29, 0.717) is 13.1 Å². The van der Waals surface area contributed by atoms with Gasteiger partial charge in [0.25, 0.3) is 0 Å². The molecule has 1 saturated carbocycles. The Hall–Kier alpha value is -0.130.